The third-order valence-electron chi connectivity index (χ3n) is 3.95. The van der Waals surface area contributed by atoms with Crippen molar-refractivity contribution in [2.75, 3.05) is 33.4 Å². The van der Waals surface area contributed by atoms with Crippen molar-refractivity contribution in [3.8, 4) is 0 Å². The van der Waals surface area contributed by atoms with E-state index < -0.39 is 0 Å². The van der Waals surface area contributed by atoms with Crippen LogP contribution in [0.2, 0.25) is 0 Å². The largest absolute Gasteiger partial charge is 0.384 e. The van der Waals surface area contributed by atoms with Gasteiger partial charge in [0.05, 0.1) is 0 Å². The van der Waals surface area contributed by atoms with Crippen molar-refractivity contribution in [3.63, 3.8) is 0 Å². The Morgan fingerprint density at radius 1 is 1.38 bits per heavy atom. The Kier molecular flexibility index (Phi) is 6.32. The van der Waals surface area contributed by atoms with Crippen LogP contribution in [0.15, 0.2) is 0 Å². The number of likely N-dealkylation sites (tertiary alicyclic amines) is 1. The summed E-state index contributed by atoms with van der Waals surface area (Å²) in [7, 11) is 1.80. The average Bonchev–Trinajstić information content (AvgIpc) is 2.31. The van der Waals surface area contributed by atoms with Gasteiger partial charge in [0.25, 0.3) is 0 Å². The summed E-state index contributed by atoms with van der Waals surface area (Å²) >= 11 is 0. The zero-order chi connectivity index (χ0) is 12.0. The molecule has 16 heavy (non-hydrogen) atoms. The molecular formula is C13H28N2O. The fourth-order valence-corrected chi connectivity index (χ4v) is 2.35. The maximum atomic E-state index is 6.19. The number of nitrogens with zero attached hydrogens (tertiary/aromatic N) is 1. The van der Waals surface area contributed by atoms with E-state index in [9.17, 15) is 0 Å². The van der Waals surface area contributed by atoms with Gasteiger partial charge in [0.15, 0.2) is 0 Å². The van der Waals surface area contributed by atoms with Gasteiger partial charge in [-0.1, -0.05) is 20.3 Å². The smallest absolute Gasteiger partial charge is 0.0491 e. The van der Waals surface area contributed by atoms with Gasteiger partial charge in [-0.2, -0.15) is 0 Å². The molecule has 2 N–H and O–H groups in total. The first-order chi connectivity index (χ1) is 7.67. The summed E-state index contributed by atoms with van der Waals surface area (Å²) in [6, 6.07) is 0.337. The first-order valence-corrected chi connectivity index (χ1v) is 6.64. The second kappa shape index (κ2) is 7.25. The van der Waals surface area contributed by atoms with Gasteiger partial charge in [-0.15, -0.1) is 0 Å². The highest BCUT2D eigenvalue weighted by Crippen LogP contribution is 2.18. The Hall–Kier alpha value is -0.120. The van der Waals surface area contributed by atoms with Gasteiger partial charge in [0.2, 0.25) is 0 Å². The molecule has 0 aromatic carbocycles. The Morgan fingerprint density at radius 2 is 2.00 bits per heavy atom. The topological polar surface area (TPSA) is 38.5 Å². The lowest BCUT2D eigenvalue weighted by Crippen LogP contribution is -2.45. The number of nitrogens with two attached hydrogens (primary N) is 1. The molecule has 0 aromatic heterocycles. The van der Waals surface area contributed by atoms with Crippen LogP contribution in [0, 0.1) is 11.8 Å². The van der Waals surface area contributed by atoms with Crippen LogP contribution in [0.25, 0.3) is 0 Å². The van der Waals surface area contributed by atoms with Crippen LogP contribution in [-0.2, 0) is 4.74 Å². The molecular weight excluding hydrogens is 200 g/mol. The van der Waals surface area contributed by atoms with Crippen molar-refractivity contribution in [2.45, 2.75) is 39.2 Å². The number of hydrogen-bond acceptors (Lipinski definition) is 3. The summed E-state index contributed by atoms with van der Waals surface area (Å²) in [6.45, 7) is 8.84. The molecule has 1 heterocycles. The Bertz CT molecular complexity index is 179. The molecule has 1 rings (SSSR count). The summed E-state index contributed by atoms with van der Waals surface area (Å²) in [4.78, 5) is 2.52. The van der Waals surface area contributed by atoms with Crippen LogP contribution < -0.4 is 5.73 Å². The average molecular weight is 228 g/mol. The molecule has 0 aromatic rings. The number of hydrogen-bond donors (Lipinski definition) is 1. The first-order valence-electron chi connectivity index (χ1n) is 6.64. The predicted octanol–water partition coefficient (Wildman–Crippen LogP) is 1.72. The number of methoxy groups -OCH3 is 1. The maximum Gasteiger partial charge on any atom is 0.0491 e. The van der Waals surface area contributed by atoms with E-state index in [0.29, 0.717) is 12.0 Å². The van der Waals surface area contributed by atoms with Crippen LogP contribution >= 0.6 is 0 Å². The number of rotatable bonds is 6. The molecule has 3 heteroatoms. The van der Waals surface area contributed by atoms with Crippen LogP contribution in [0.1, 0.15) is 33.1 Å². The zero-order valence-electron chi connectivity index (χ0n) is 11.1. The molecule has 1 saturated heterocycles. The number of ether oxygens (including phenoxy) is 1. The van der Waals surface area contributed by atoms with Gasteiger partial charge in [0, 0.05) is 26.3 Å². The lowest BCUT2D eigenvalue weighted by atomic mass is 9.95. The van der Waals surface area contributed by atoms with Gasteiger partial charge >= 0.3 is 0 Å². The maximum absolute atomic E-state index is 6.19. The van der Waals surface area contributed by atoms with Crippen molar-refractivity contribution in [3.05, 3.63) is 0 Å². The predicted molar refractivity (Wildman–Crippen MR) is 68.5 cm³/mol. The normalized spacial score (nSPS) is 23.2. The molecule has 2 unspecified atom stereocenters. The standard InChI is InChI=1S/C13H28N2O/c1-4-11(2)13(14)9-15-7-5-12(6-8-15)10-16-3/h11-13H,4-10,14H2,1-3H3. The summed E-state index contributed by atoms with van der Waals surface area (Å²) in [6.07, 6.45) is 3.71. The van der Waals surface area contributed by atoms with Crippen molar-refractivity contribution in [1.82, 2.24) is 4.90 Å². The highest BCUT2D eigenvalue weighted by atomic mass is 16.5. The molecule has 0 bridgehead atoms. The Labute approximate surface area is 100 Å². The van der Waals surface area contributed by atoms with Crippen molar-refractivity contribution in [2.24, 2.45) is 17.6 Å². The summed E-state index contributed by atoms with van der Waals surface area (Å²) in [5.74, 6) is 1.40. The zero-order valence-corrected chi connectivity index (χ0v) is 11.1. The Balaban J connectivity index is 2.21. The van der Waals surface area contributed by atoms with Crippen molar-refractivity contribution < 1.29 is 4.74 Å². The van der Waals surface area contributed by atoms with Crippen LogP contribution in [0.3, 0.4) is 0 Å². The van der Waals surface area contributed by atoms with E-state index in [1.807, 2.05) is 0 Å². The molecule has 1 aliphatic rings. The summed E-state index contributed by atoms with van der Waals surface area (Å²) < 4.78 is 5.21. The lowest BCUT2D eigenvalue weighted by molar-refractivity contribution is 0.0943. The summed E-state index contributed by atoms with van der Waals surface area (Å²) in [5.41, 5.74) is 6.19. The monoisotopic (exact) mass is 228 g/mol. The van der Waals surface area contributed by atoms with Gasteiger partial charge in [0.1, 0.15) is 0 Å². The SMILES string of the molecule is CCC(C)C(N)CN1CCC(COC)CC1. The molecule has 0 saturated carbocycles. The van der Waals surface area contributed by atoms with Crippen molar-refractivity contribution >= 4 is 0 Å². The fourth-order valence-electron chi connectivity index (χ4n) is 2.35. The van der Waals surface area contributed by atoms with Crippen LogP contribution in [0.5, 0.6) is 0 Å². The van der Waals surface area contributed by atoms with Gasteiger partial charge in [-0.3, -0.25) is 0 Å². The highest BCUT2D eigenvalue weighted by Gasteiger charge is 2.21. The second-order valence-electron chi connectivity index (χ2n) is 5.25. The van der Waals surface area contributed by atoms with E-state index in [-0.39, 0.29) is 0 Å². The van der Waals surface area contributed by atoms with Gasteiger partial charge in [-0.05, 0) is 37.8 Å². The third kappa shape index (κ3) is 4.40. The molecule has 0 spiro atoms. The second-order valence-corrected chi connectivity index (χ2v) is 5.25. The molecule has 0 amide bonds. The van der Waals surface area contributed by atoms with Crippen LogP contribution in [-0.4, -0.2) is 44.3 Å². The minimum atomic E-state index is 0.337. The highest BCUT2D eigenvalue weighted by molar-refractivity contribution is 4.77. The molecule has 2 atom stereocenters. The van der Waals surface area contributed by atoms with Gasteiger partial charge in [-0.25, -0.2) is 0 Å². The van der Waals surface area contributed by atoms with Crippen LogP contribution in [0.4, 0.5) is 0 Å². The molecule has 1 fully saturated rings. The Morgan fingerprint density at radius 3 is 2.50 bits per heavy atom. The van der Waals surface area contributed by atoms with E-state index in [1.165, 1.54) is 32.4 Å². The quantitative estimate of drug-likeness (QED) is 0.752. The lowest BCUT2D eigenvalue weighted by Gasteiger charge is -2.34. The number of piperidine rings is 1. The van der Waals surface area contributed by atoms with E-state index in [4.69, 9.17) is 10.5 Å². The minimum absolute atomic E-state index is 0.337. The van der Waals surface area contributed by atoms with Gasteiger partial charge < -0.3 is 15.4 Å². The molecule has 0 aliphatic carbocycles. The molecule has 0 radical (unpaired) electrons. The first kappa shape index (κ1) is 13.9. The third-order valence-corrected chi connectivity index (χ3v) is 3.95. The van der Waals surface area contributed by atoms with Crippen molar-refractivity contribution in [1.29, 1.82) is 0 Å². The fraction of sp³-hybridized carbons (Fsp3) is 1.00. The van der Waals surface area contributed by atoms with E-state index >= 15 is 0 Å². The van der Waals surface area contributed by atoms with E-state index in [0.717, 1.165) is 19.1 Å². The van der Waals surface area contributed by atoms with E-state index in [2.05, 4.69) is 18.7 Å². The molecule has 1 aliphatic heterocycles. The minimum Gasteiger partial charge on any atom is -0.384 e. The van der Waals surface area contributed by atoms with E-state index in [1.54, 1.807) is 7.11 Å². The molecule has 96 valence electrons. The summed E-state index contributed by atoms with van der Waals surface area (Å²) in [5, 5.41) is 0. The molecule has 3 nitrogen and oxygen atoms in total.